The minimum absolute atomic E-state index is 0.0172. The Labute approximate surface area is 305 Å². The fraction of sp³-hybridized carbons (Fsp3) is 0.0588. The molecule has 0 heterocycles. The van der Waals surface area contributed by atoms with Crippen molar-refractivity contribution in [2.75, 3.05) is 4.90 Å². The maximum atomic E-state index is 2.44. The van der Waals surface area contributed by atoms with Crippen molar-refractivity contribution >= 4 is 49.4 Å². The lowest BCUT2D eigenvalue weighted by atomic mass is 9.81. The Kier molecular flexibility index (Phi) is 6.91. The molecule has 0 spiro atoms. The molecule has 0 amide bonds. The van der Waals surface area contributed by atoms with Crippen molar-refractivity contribution in [1.29, 1.82) is 0 Å². The summed E-state index contributed by atoms with van der Waals surface area (Å²) in [7, 11) is 0. The Balaban J connectivity index is 1.14. The highest BCUT2D eigenvalue weighted by molar-refractivity contribution is 6.22. The first-order chi connectivity index (χ1) is 25.6. The minimum atomic E-state index is -0.0172. The number of nitrogens with zero attached hydrogens (tertiary/aromatic N) is 1. The van der Waals surface area contributed by atoms with Crippen molar-refractivity contribution in [2.24, 2.45) is 0 Å². The number of benzene rings is 9. The van der Waals surface area contributed by atoms with Crippen LogP contribution in [0.2, 0.25) is 0 Å². The smallest absolute Gasteiger partial charge is 0.0468 e. The Morgan fingerprint density at radius 1 is 0.346 bits per heavy atom. The summed E-state index contributed by atoms with van der Waals surface area (Å²) in [5, 5.41) is 7.53. The lowest BCUT2D eigenvalue weighted by Gasteiger charge is -2.25. The van der Waals surface area contributed by atoms with E-state index in [1.165, 1.54) is 76.8 Å². The van der Waals surface area contributed by atoms with Crippen molar-refractivity contribution in [3.05, 3.63) is 199 Å². The molecule has 0 unspecified atom stereocenters. The van der Waals surface area contributed by atoms with Gasteiger partial charge in [0.15, 0.2) is 0 Å². The molecule has 9 aromatic rings. The summed E-state index contributed by atoms with van der Waals surface area (Å²) in [6.45, 7) is 4.70. The molecule has 0 aromatic heterocycles. The van der Waals surface area contributed by atoms with Crippen LogP contribution in [0.3, 0.4) is 0 Å². The van der Waals surface area contributed by atoms with Gasteiger partial charge in [-0.2, -0.15) is 0 Å². The topological polar surface area (TPSA) is 3.24 Å². The Morgan fingerprint density at radius 3 is 1.42 bits per heavy atom. The highest BCUT2D eigenvalue weighted by atomic mass is 15.1. The average molecular weight is 664 g/mol. The number of rotatable bonds is 5. The number of para-hydroxylation sites is 2. The van der Waals surface area contributed by atoms with Gasteiger partial charge in [0, 0.05) is 22.5 Å². The summed E-state index contributed by atoms with van der Waals surface area (Å²) in [6, 6.07) is 69.1. The van der Waals surface area contributed by atoms with E-state index in [9.17, 15) is 0 Å². The molecular formula is C51H37N. The van der Waals surface area contributed by atoms with Gasteiger partial charge >= 0.3 is 0 Å². The predicted molar refractivity (Wildman–Crippen MR) is 222 cm³/mol. The lowest BCUT2D eigenvalue weighted by Crippen LogP contribution is -2.14. The van der Waals surface area contributed by atoms with E-state index in [0.29, 0.717) is 0 Å². The van der Waals surface area contributed by atoms with Crippen LogP contribution in [0.25, 0.3) is 65.7 Å². The molecule has 0 aliphatic heterocycles. The average Bonchev–Trinajstić information content (AvgIpc) is 3.43. The van der Waals surface area contributed by atoms with Crippen LogP contribution < -0.4 is 4.90 Å². The molecule has 0 radical (unpaired) electrons. The molecule has 10 rings (SSSR count). The zero-order chi connectivity index (χ0) is 34.8. The Bertz CT molecular complexity index is 2720. The molecular weight excluding hydrogens is 627 g/mol. The fourth-order valence-corrected chi connectivity index (χ4v) is 8.76. The van der Waals surface area contributed by atoms with Crippen LogP contribution in [0.15, 0.2) is 188 Å². The fourth-order valence-electron chi connectivity index (χ4n) is 8.76. The van der Waals surface area contributed by atoms with Crippen molar-refractivity contribution in [3.63, 3.8) is 0 Å². The standard InChI is InChI=1S/C51H37N/c1-51(2)47-24-14-13-19-41(47)46-33-37(28-30-48(46)51)50-44-22-11-9-20-42(44)49(43-21-10-12-23-45(43)50)36-26-25-35-32-40(29-27-34(35)31-36)52(38-15-5-3-6-16-38)39-17-7-4-8-18-39/h3-33H,1-2H3. The first kappa shape index (κ1) is 30.4. The zero-order valence-electron chi connectivity index (χ0n) is 29.3. The van der Waals surface area contributed by atoms with Crippen molar-refractivity contribution in [2.45, 2.75) is 19.3 Å². The summed E-state index contributed by atoms with van der Waals surface area (Å²) in [5.74, 6) is 0. The molecule has 0 saturated heterocycles. The Morgan fingerprint density at radius 2 is 0.808 bits per heavy atom. The molecule has 0 bridgehead atoms. The largest absolute Gasteiger partial charge is 0.310 e. The summed E-state index contributed by atoms with van der Waals surface area (Å²) in [6.07, 6.45) is 0. The monoisotopic (exact) mass is 663 g/mol. The third-order valence-corrected chi connectivity index (χ3v) is 11.2. The summed E-state index contributed by atoms with van der Waals surface area (Å²) >= 11 is 0. The maximum Gasteiger partial charge on any atom is 0.0468 e. The van der Waals surface area contributed by atoms with Gasteiger partial charge in [0.25, 0.3) is 0 Å². The lowest BCUT2D eigenvalue weighted by molar-refractivity contribution is 0.660. The van der Waals surface area contributed by atoms with Gasteiger partial charge in [-0.25, -0.2) is 0 Å². The molecule has 0 atom stereocenters. The van der Waals surface area contributed by atoms with Gasteiger partial charge in [0.1, 0.15) is 0 Å². The van der Waals surface area contributed by atoms with E-state index in [4.69, 9.17) is 0 Å². The molecule has 0 N–H and O–H groups in total. The first-order valence-corrected chi connectivity index (χ1v) is 18.2. The van der Waals surface area contributed by atoms with E-state index in [-0.39, 0.29) is 5.41 Å². The van der Waals surface area contributed by atoms with E-state index in [2.05, 4.69) is 207 Å². The summed E-state index contributed by atoms with van der Waals surface area (Å²) in [4.78, 5) is 2.33. The molecule has 1 heteroatoms. The number of hydrogen-bond acceptors (Lipinski definition) is 1. The van der Waals surface area contributed by atoms with E-state index in [1.54, 1.807) is 0 Å². The highest BCUT2D eigenvalue weighted by Crippen LogP contribution is 2.51. The second kappa shape index (κ2) is 11.8. The number of hydrogen-bond donors (Lipinski definition) is 0. The van der Waals surface area contributed by atoms with Gasteiger partial charge in [-0.15, -0.1) is 0 Å². The molecule has 1 aliphatic rings. The second-order valence-corrected chi connectivity index (χ2v) is 14.5. The van der Waals surface area contributed by atoms with Crippen LogP contribution in [-0.4, -0.2) is 0 Å². The van der Waals surface area contributed by atoms with Crippen molar-refractivity contribution in [1.82, 2.24) is 0 Å². The van der Waals surface area contributed by atoms with E-state index in [1.807, 2.05) is 0 Å². The van der Waals surface area contributed by atoms with Crippen LogP contribution in [0, 0.1) is 0 Å². The van der Waals surface area contributed by atoms with Gasteiger partial charge in [0.05, 0.1) is 0 Å². The van der Waals surface area contributed by atoms with Crippen molar-refractivity contribution < 1.29 is 0 Å². The zero-order valence-corrected chi connectivity index (χ0v) is 29.3. The van der Waals surface area contributed by atoms with Crippen LogP contribution in [0.4, 0.5) is 17.1 Å². The van der Waals surface area contributed by atoms with Crippen LogP contribution in [-0.2, 0) is 5.41 Å². The number of fused-ring (bicyclic) bond motifs is 6. The van der Waals surface area contributed by atoms with Gasteiger partial charge < -0.3 is 4.90 Å². The van der Waals surface area contributed by atoms with Gasteiger partial charge in [-0.3, -0.25) is 0 Å². The van der Waals surface area contributed by atoms with Crippen LogP contribution in [0.5, 0.6) is 0 Å². The highest BCUT2D eigenvalue weighted by Gasteiger charge is 2.35. The van der Waals surface area contributed by atoms with Gasteiger partial charge in [0.2, 0.25) is 0 Å². The maximum absolute atomic E-state index is 2.44. The molecule has 9 aromatic carbocycles. The van der Waals surface area contributed by atoms with E-state index >= 15 is 0 Å². The molecule has 246 valence electrons. The van der Waals surface area contributed by atoms with E-state index < -0.39 is 0 Å². The summed E-state index contributed by atoms with van der Waals surface area (Å²) in [5.41, 5.74) is 14.0. The quantitative estimate of drug-likeness (QED) is 0.166. The second-order valence-electron chi connectivity index (χ2n) is 14.5. The molecule has 0 saturated carbocycles. The summed E-state index contributed by atoms with van der Waals surface area (Å²) < 4.78 is 0. The van der Waals surface area contributed by atoms with Gasteiger partial charge in [-0.1, -0.05) is 153 Å². The third-order valence-electron chi connectivity index (χ3n) is 11.2. The number of anilines is 3. The minimum Gasteiger partial charge on any atom is -0.310 e. The van der Waals surface area contributed by atoms with Crippen LogP contribution in [0.1, 0.15) is 25.0 Å². The first-order valence-electron chi connectivity index (χ1n) is 18.2. The van der Waals surface area contributed by atoms with E-state index in [0.717, 1.165) is 17.1 Å². The third kappa shape index (κ3) is 4.70. The van der Waals surface area contributed by atoms with Crippen LogP contribution >= 0.6 is 0 Å². The molecule has 1 nitrogen and oxygen atoms in total. The van der Waals surface area contributed by atoms with Gasteiger partial charge in [-0.05, 0) is 125 Å². The Hall–Kier alpha value is -6.44. The molecule has 52 heavy (non-hydrogen) atoms. The predicted octanol–water partition coefficient (Wildman–Crippen LogP) is 14.3. The normalized spacial score (nSPS) is 13.0. The molecule has 0 fully saturated rings. The molecule has 1 aliphatic carbocycles. The van der Waals surface area contributed by atoms with Crippen molar-refractivity contribution in [3.8, 4) is 33.4 Å². The SMILES string of the molecule is CC1(C)c2ccccc2-c2cc(-c3c4ccccc4c(-c4ccc5cc(N(c6ccccc6)c6ccccc6)ccc5c4)c4ccccc34)ccc21.